The lowest BCUT2D eigenvalue weighted by atomic mass is 9.92. The molecule has 1 saturated heterocycles. The standard InChI is InChI=1S/C24H28N2O3/c27-21(17-7-2-1-3-8-17)14-18-15-29-13-12-26(18)24(28)25-23-20-11-10-16-6-4-5-9-19(16)22(20)23/h1-9,18,20-23,27H,10-15H2,(H,25,28). The maximum absolute atomic E-state index is 13.1. The fraction of sp³-hybridized carbons (Fsp3) is 0.458. The maximum Gasteiger partial charge on any atom is 0.318 e. The lowest BCUT2D eigenvalue weighted by molar-refractivity contribution is -0.00705. The second kappa shape index (κ2) is 7.81. The van der Waals surface area contributed by atoms with Crippen LogP contribution < -0.4 is 5.32 Å². The molecule has 5 unspecified atom stereocenters. The molecule has 5 atom stereocenters. The molecular formula is C24H28N2O3. The van der Waals surface area contributed by atoms with Crippen LogP contribution in [-0.4, -0.2) is 47.9 Å². The van der Waals surface area contributed by atoms with Crippen LogP contribution in [0.1, 0.15) is 41.6 Å². The van der Waals surface area contributed by atoms with Crippen LogP contribution in [0.2, 0.25) is 0 Å². The molecule has 2 fully saturated rings. The molecule has 5 heteroatoms. The minimum Gasteiger partial charge on any atom is -0.388 e. The van der Waals surface area contributed by atoms with Crippen molar-refractivity contribution in [3.63, 3.8) is 0 Å². The molecule has 5 rings (SSSR count). The smallest absolute Gasteiger partial charge is 0.318 e. The third-order valence-electron chi connectivity index (χ3n) is 6.79. The molecule has 152 valence electrons. The van der Waals surface area contributed by atoms with Gasteiger partial charge in [-0.2, -0.15) is 0 Å². The van der Waals surface area contributed by atoms with Crippen LogP contribution in [-0.2, 0) is 11.2 Å². The average Bonchev–Trinajstić information content (AvgIpc) is 3.48. The number of morpholine rings is 1. The number of ether oxygens (including phenoxy) is 1. The number of rotatable bonds is 4. The summed E-state index contributed by atoms with van der Waals surface area (Å²) >= 11 is 0. The molecule has 5 nitrogen and oxygen atoms in total. The predicted molar refractivity (Wildman–Crippen MR) is 111 cm³/mol. The van der Waals surface area contributed by atoms with E-state index in [0.29, 0.717) is 38.0 Å². The Bertz CT molecular complexity index is 871. The molecule has 2 N–H and O–H groups in total. The number of benzene rings is 2. The summed E-state index contributed by atoms with van der Waals surface area (Å²) in [7, 11) is 0. The minimum atomic E-state index is -0.603. The molecular weight excluding hydrogens is 364 g/mol. The number of urea groups is 1. The van der Waals surface area contributed by atoms with E-state index in [-0.39, 0.29) is 18.1 Å². The maximum atomic E-state index is 13.1. The molecule has 3 aliphatic rings. The third kappa shape index (κ3) is 3.65. The molecule has 29 heavy (non-hydrogen) atoms. The van der Waals surface area contributed by atoms with Gasteiger partial charge in [0.2, 0.25) is 0 Å². The first kappa shape index (κ1) is 18.6. The van der Waals surface area contributed by atoms with Gasteiger partial charge >= 0.3 is 6.03 Å². The Morgan fingerprint density at radius 3 is 2.83 bits per heavy atom. The largest absolute Gasteiger partial charge is 0.388 e. The molecule has 0 aromatic heterocycles. The number of amides is 2. The summed E-state index contributed by atoms with van der Waals surface area (Å²) < 4.78 is 5.63. The van der Waals surface area contributed by atoms with Crippen molar-refractivity contribution < 1.29 is 14.6 Å². The van der Waals surface area contributed by atoms with E-state index >= 15 is 0 Å². The highest BCUT2D eigenvalue weighted by Gasteiger charge is 2.54. The fourth-order valence-corrected chi connectivity index (χ4v) is 5.18. The summed E-state index contributed by atoms with van der Waals surface area (Å²) in [4.78, 5) is 15.0. The van der Waals surface area contributed by atoms with E-state index in [1.807, 2.05) is 35.2 Å². The fourth-order valence-electron chi connectivity index (χ4n) is 5.18. The number of nitrogens with one attached hydrogen (secondary N) is 1. The number of fused-ring (bicyclic) bond motifs is 3. The normalized spacial score (nSPS) is 28.8. The molecule has 0 bridgehead atoms. The summed E-state index contributed by atoms with van der Waals surface area (Å²) in [5.74, 6) is 1.02. The highest BCUT2D eigenvalue weighted by molar-refractivity contribution is 5.76. The molecule has 2 aromatic rings. The Labute approximate surface area is 171 Å². The van der Waals surface area contributed by atoms with Crippen LogP contribution >= 0.6 is 0 Å². The predicted octanol–water partition coefficient (Wildman–Crippen LogP) is 3.25. The monoisotopic (exact) mass is 392 g/mol. The number of carbonyl (C=O) groups is 1. The Balaban J connectivity index is 1.24. The number of aryl methyl sites for hydroxylation is 1. The highest BCUT2D eigenvalue weighted by Crippen LogP contribution is 2.54. The topological polar surface area (TPSA) is 61.8 Å². The van der Waals surface area contributed by atoms with Gasteiger partial charge in [-0.3, -0.25) is 0 Å². The molecule has 2 amide bonds. The molecule has 1 aliphatic heterocycles. The van der Waals surface area contributed by atoms with Crippen molar-refractivity contribution in [1.82, 2.24) is 10.2 Å². The first-order valence-corrected chi connectivity index (χ1v) is 10.7. The van der Waals surface area contributed by atoms with E-state index < -0.39 is 6.10 Å². The zero-order chi connectivity index (χ0) is 19.8. The van der Waals surface area contributed by atoms with Crippen LogP contribution in [0.4, 0.5) is 4.79 Å². The van der Waals surface area contributed by atoms with Gasteiger partial charge in [-0.1, -0.05) is 54.6 Å². The second-order valence-corrected chi connectivity index (χ2v) is 8.49. The van der Waals surface area contributed by atoms with Crippen molar-refractivity contribution >= 4 is 6.03 Å². The third-order valence-corrected chi connectivity index (χ3v) is 6.79. The molecule has 1 heterocycles. The molecule has 1 saturated carbocycles. The lowest BCUT2D eigenvalue weighted by Gasteiger charge is -2.36. The average molecular weight is 392 g/mol. The Hall–Kier alpha value is -2.37. The number of carbonyl (C=O) groups excluding carboxylic acids is 1. The van der Waals surface area contributed by atoms with Gasteiger partial charge in [0.05, 0.1) is 25.4 Å². The number of hydrogen-bond acceptors (Lipinski definition) is 3. The van der Waals surface area contributed by atoms with Crippen LogP contribution in [0.5, 0.6) is 0 Å². The van der Waals surface area contributed by atoms with E-state index in [2.05, 4.69) is 29.6 Å². The van der Waals surface area contributed by atoms with Crippen molar-refractivity contribution in [2.45, 2.75) is 43.4 Å². The Morgan fingerprint density at radius 1 is 1.17 bits per heavy atom. The Kier molecular flexibility index (Phi) is 5.02. The van der Waals surface area contributed by atoms with Gasteiger partial charge in [-0.25, -0.2) is 4.79 Å². The summed E-state index contributed by atoms with van der Waals surface area (Å²) in [6.07, 6.45) is 2.13. The number of aliphatic hydroxyl groups is 1. The van der Waals surface area contributed by atoms with Crippen molar-refractivity contribution in [1.29, 1.82) is 0 Å². The first-order chi connectivity index (χ1) is 14.2. The van der Waals surface area contributed by atoms with Gasteiger partial charge < -0.3 is 20.1 Å². The summed E-state index contributed by atoms with van der Waals surface area (Å²) in [5, 5.41) is 13.9. The summed E-state index contributed by atoms with van der Waals surface area (Å²) in [5.41, 5.74) is 3.72. The molecule has 2 aromatic carbocycles. The van der Waals surface area contributed by atoms with Crippen LogP contribution in [0.15, 0.2) is 54.6 Å². The van der Waals surface area contributed by atoms with Crippen molar-refractivity contribution in [3.05, 3.63) is 71.3 Å². The van der Waals surface area contributed by atoms with Gasteiger partial charge in [0, 0.05) is 24.9 Å². The minimum absolute atomic E-state index is 0.0181. The van der Waals surface area contributed by atoms with E-state index in [0.717, 1.165) is 18.4 Å². The highest BCUT2D eigenvalue weighted by atomic mass is 16.5. The number of hydrogen-bond donors (Lipinski definition) is 2. The quantitative estimate of drug-likeness (QED) is 0.840. The summed E-state index contributed by atoms with van der Waals surface area (Å²) in [6.45, 7) is 1.58. The van der Waals surface area contributed by atoms with Crippen LogP contribution in [0.25, 0.3) is 0 Å². The lowest BCUT2D eigenvalue weighted by Crippen LogP contribution is -2.53. The molecule has 0 spiro atoms. The van der Waals surface area contributed by atoms with Gasteiger partial charge in [0.15, 0.2) is 0 Å². The Morgan fingerprint density at radius 2 is 1.97 bits per heavy atom. The van der Waals surface area contributed by atoms with Crippen LogP contribution in [0, 0.1) is 5.92 Å². The number of nitrogens with zero attached hydrogens (tertiary/aromatic N) is 1. The molecule has 0 radical (unpaired) electrons. The van der Waals surface area contributed by atoms with Crippen molar-refractivity contribution in [3.8, 4) is 0 Å². The van der Waals surface area contributed by atoms with Gasteiger partial charge in [0.1, 0.15) is 0 Å². The number of aliphatic hydroxyl groups excluding tert-OH is 1. The van der Waals surface area contributed by atoms with Gasteiger partial charge in [-0.05, 0) is 35.4 Å². The molecule has 2 aliphatic carbocycles. The van der Waals surface area contributed by atoms with E-state index in [9.17, 15) is 9.90 Å². The summed E-state index contributed by atoms with van der Waals surface area (Å²) in [6, 6.07) is 18.4. The second-order valence-electron chi connectivity index (χ2n) is 8.49. The van der Waals surface area contributed by atoms with E-state index in [1.54, 1.807) is 0 Å². The zero-order valence-corrected chi connectivity index (χ0v) is 16.5. The SMILES string of the molecule is O=C(NC1C2CCc3ccccc3C21)N1CCOCC1CC(O)c1ccccc1. The van der Waals surface area contributed by atoms with E-state index in [1.165, 1.54) is 11.1 Å². The zero-order valence-electron chi connectivity index (χ0n) is 16.5. The van der Waals surface area contributed by atoms with Gasteiger partial charge in [0.25, 0.3) is 0 Å². The van der Waals surface area contributed by atoms with Crippen molar-refractivity contribution in [2.75, 3.05) is 19.8 Å². The van der Waals surface area contributed by atoms with Crippen molar-refractivity contribution in [2.24, 2.45) is 5.92 Å². The van der Waals surface area contributed by atoms with E-state index in [4.69, 9.17) is 4.74 Å². The first-order valence-electron chi connectivity index (χ1n) is 10.7. The van der Waals surface area contributed by atoms with Crippen LogP contribution in [0.3, 0.4) is 0 Å². The van der Waals surface area contributed by atoms with Gasteiger partial charge in [-0.15, -0.1) is 0 Å².